The van der Waals surface area contributed by atoms with E-state index in [1.54, 1.807) is 11.4 Å². The number of hydrogen-bond donors (Lipinski definition) is 2. The third-order valence-corrected chi connectivity index (χ3v) is 3.41. The molecule has 1 heterocycles. The Labute approximate surface area is 87.6 Å². The van der Waals surface area contributed by atoms with E-state index in [9.17, 15) is 10.2 Å². The first-order valence-corrected chi connectivity index (χ1v) is 5.70. The van der Waals surface area contributed by atoms with Crippen molar-refractivity contribution in [2.24, 2.45) is 0 Å². The molecule has 0 spiro atoms. The van der Waals surface area contributed by atoms with E-state index in [4.69, 9.17) is 0 Å². The number of phenolic OH excluding ortho intramolecular Hbond substituents is 1. The number of phenols is 1. The largest absolute Gasteiger partial charge is 0.507 e. The molecule has 13 heavy (non-hydrogen) atoms. The zero-order valence-electron chi connectivity index (χ0n) is 6.62. The highest BCUT2D eigenvalue weighted by Gasteiger charge is 2.08. The Morgan fingerprint density at radius 3 is 2.69 bits per heavy atom. The second-order valence-electron chi connectivity index (χ2n) is 2.74. The van der Waals surface area contributed by atoms with Crippen LogP contribution in [0.3, 0.4) is 0 Å². The second kappa shape index (κ2) is 3.20. The Bertz CT molecular complexity index is 450. The number of aromatic hydroxyl groups is 2. The summed E-state index contributed by atoms with van der Waals surface area (Å²) in [6.45, 7) is 0. The van der Waals surface area contributed by atoms with Gasteiger partial charge in [0, 0.05) is 15.4 Å². The maximum Gasteiger partial charge on any atom is 0.137 e. The van der Waals surface area contributed by atoms with Crippen LogP contribution in [-0.4, -0.2) is 10.2 Å². The summed E-state index contributed by atoms with van der Waals surface area (Å²) in [7, 11) is 0. The van der Waals surface area contributed by atoms with Gasteiger partial charge in [0.05, 0.1) is 5.39 Å². The minimum Gasteiger partial charge on any atom is -0.507 e. The lowest BCUT2D eigenvalue weighted by Crippen LogP contribution is -1.76. The zero-order chi connectivity index (χ0) is 9.42. The molecule has 0 aliphatic heterocycles. The van der Waals surface area contributed by atoms with E-state index in [0.29, 0.717) is 10.7 Å². The lowest BCUT2D eigenvalue weighted by molar-refractivity contribution is 0.465. The average Bonchev–Trinajstić information content (AvgIpc) is 2.48. The van der Waals surface area contributed by atoms with Gasteiger partial charge in [0.15, 0.2) is 0 Å². The number of alkyl halides is 1. The highest BCUT2D eigenvalue weighted by atomic mass is 79.9. The summed E-state index contributed by atoms with van der Waals surface area (Å²) >= 11 is 4.74. The number of thiophene rings is 1. The van der Waals surface area contributed by atoms with Gasteiger partial charge in [-0.05, 0) is 17.7 Å². The van der Waals surface area contributed by atoms with Crippen LogP contribution < -0.4 is 0 Å². The van der Waals surface area contributed by atoms with Crippen LogP contribution in [0.25, 0.3) is 10.1 Å². The van der Waals surface area contributed by atoms with Crippen LogP contribution in [0.15, 0.2) is 17.5 Å². The van der Waals surface area contributed by atoms with Gasteiger partial charge in [-0.1, -0.05) is 15.9 Å². The van der Waals surface area contributed by atoms with Crippen molar-refractivity contribution in [3.05, 3.63) is 23.1 Å². The van der Waals surface area contributed by atoms with E-state index in [2.05, 4.69) is 15.9 Å². The quantitative estimate of drug-likeness (QED) is 0.772. The molecule has 0 atom stereocenters. The zero-order valence-corrected chi connectivity index (χ0v) is 9.02. The van der Waals surface area contributed by atoms with Gasteiger partial charge in [-0.15, -0.1) is 11.3 Å². The number of hydrogen-bond acceptors (Lipinski definition) is 3. The molecule has 0 bridgehead atoms. The maximum absolute atomic E-state index is 9.58. The van der Waals surface area contributed by atoms with E-state index < -0.39 is 0 Å². The molecule has 1 aromatic heterocycles. The SMILES string of the molecule is Oc1csc2cc(CBr)cc(O)c12. The molecule has 0 saturated carbocycles. The Morgan fingerprint density at radius 2 is 2.00 bits per heavy atom. The average molecular weight is 259 g/mol. The molecule has 0 aliphatic carbocycles. The molecule has 4 heteroatoms. The van der Waals surface area contributed by atoms with Crippen molar-refractivity contribution in [3.63, 3.8) is 0 Å². The minimum atomic E-state index is 0.144. The molecule has 0 amide bonds. The molecule has 68 valence electrons. The van der Waals surface area contributed by atoms with Crippen molar-refractivity contribution in [2.75, 3.05) is 0 Å². The Kier molecular flexibility index (Phi) is 2.17. The number of rotatable bonds is 1. The molecule has 0 fully saturated rings. The minimum absolute atomic E-state index is 0.144. The first-order chi connectivity index (χ1) is 6.22. The first kappa shape index (κ1) is 8.84. The number of halogens is 1. The van der Waals surface area contributed by atoms with Gasteiger partial charge in [-0.25, -0.2) is 0 Å². The molecule has 2 rings (SSSR count). The molecule has 2 nitrogen and oxygen atoms in total. The summed E-state index contributed by atoms with van der Waals surface area (Å²) < 4.78 is 0.909. The van der Waals surface area contributed by atoms with Crippen molar-refractivity contribution >= 4 is 37.4 Å². The van der Waals surface area contributed by atoms with Gasteiger partial charge >= 0.3 is 0 Å². The molecule has 2 N–H and O–H groups in total. The van der Waals surface area contributed by atoms with Gasteiger partial charge in [0.25, 0.3) is 0 Å². The van der Waals surface area contributed by atoms with Crippen LogP contribution in [-0.2, 0) is 5.33 Å². The van der Waals surface area contributed by atoms with Gasteiger partial charge in [-0.2, -0.15) is 0 Å². The third-order valence-electron chi connectivity index (χ3n) is 1.85. The molecular weight excluding hydrogens is 252 g/mol. The van der Waals surface area contributed by atoms with Crippen LogP contribution in [0.1, 0.15) is 5.56 Å². The van der Waals surface area contributed by atoms with Gasteiger partial charge in [-0.3, -0.25) is 0 Å². The van der Waals surface area contributed by atoms with Gasteiger partial charge in [0.1, 0.15) is 11.5 Å². The lowest BCUT2D eigenvalue weighted by Gasteiger charge is -1.99. The topological polar surface area (TPSA) is 40.5 Å². The predicted molar refractivity (Wildman–Crippen MR) is 57.8 cm³/mol. The van der Waals surface area contributed by atoms with Crippen molar-refractivity contribution in [3.8, 4) is 11.5 Å². The fourth-order valence-corrected chi connectivity index (χ4v) is 2.49. The Hall–Kier alpha value is -0.740. The molecule has 2 aromatic rings. The van der Waals surface area contributed by atoms with E-state index in [0.717, 1.165) is 10.3 Å². The highest BCUT2D eigenvalue weighted by molar-refractivity contribution is 9.08. The summed E-state index contributed by atoms with van der Waals surface area (Å²) in [4.78, 5) is 0. The van der Waals surface area contributed by atoms with E-state index in [1.807, 2.05) is 6.07 Å². The Morgan fingerprint density at radius 1 is 1.23 bits per heavy atom. The molecule has 1 aromatic carbocycles. The van der Waals surface area contributed by atoms with E-state index in [1.165, 1.54) is 11.3 Å². The van der Waals surface area contributed by atoms with Crippen molar-refractivity contribution in [1.82, 2.24) is 0 Å². The van der Waals surface area contributed by atoms with E-state index in [-0.39, 0.29) is 11.5 Å². The van der Waals surface area contributed by atoms with Crippen molar-refractivity contribution in [2.45, 2.75) is 5.33 Å². The smallest absolute Gasteiger partial charge is 0.137 e. The monoisotopic (exact) mass is 258 g/mol. The highest BCUT2D eigenvalue weighted by Crippen LogP contribution is 2.38. The molecule has 0 saturated heterocycles. The maximum atomic E-state index is 9.58. The van der Waals surface area contributed by atoms with Crippen LogP contribution >= 0.6 is 27.3 Å². The molecular formula is C9H7BrO2S. The van der Waals surface area contributed by atoms with Crippen LogP contribution in [0.2, 0.25) is 0 Å². The first-order valence-electron chi connectivity index (χ1n) is 3.70. The summed E-state index contributed by atoms with van der Waals surface area (Å²) in [5.41, 5.74) is 1.01. The predicted octanol–water partition coefficient (Wildman–Crippen LogP) is 3.21. The molecule has 0 unspecified atom stereocenters. The summed E-state index contributed by atoms with van der Waals surface area (Å²) in [5.74, 6) is 0.296. The Balaban J connectivity index is 2.79. The van der Waals surface area contributed by atoms with Crippen molar-refractivity contribution in [1.29, 1.82) is 0 Å². The van der Waals surface area contributed by atoms with E-state index >= 15 is 0 Å². The van der Waals surface area contributed by atoms with Gasteiger partial charge in [0.2, 0.25) is 0 Å². The standard InChI is InChI=1S/C9H7BrO2S/c10-3-5-1-6(11)9-7(12)4-13-8(9)2-5/h1-2,4,11-12H,3H2. The summed E-state index contributed by atoms with van der Waals surface area (Å²) in [6.07, 6.45) is 0. The second-order valence-corrected chi connectivity index (χ2v) is 4.21. The molecule has 0 aliphatic rings. The van der Waals surface area contributed by atoms with Gasteiger partial charge < -0.3 is 10.2 Å². The van der Waals surface area contributed by atoms with Crippen molar-refractivity contribution < 1.29 is 10.2 Å². The number of fused-ring (bicyclic) bond motifs is 1. The van der Waals surface area contributed by atoms with Crippen LogP contribution in [0.4, 0.5) is 0 Å². The van der Waals surface area contributed by atoms with Crippen LogP contribution in [0.5, 0.6) is 11.5 Å². The fraction of sp³-hybridized carbons (Fsp3) is 0.111. The molecule has 0 radical (unpaired) electrons. The normalized spacial score (nSPS) is 10.8. The number of benzene rings is 1. The van der Waals surface area contributed by atoms with Crippen LogP contribution in [0, 0.1) is 0 Å². The summed E-state index contributed by atoms with van der Waals surface area (Å²) in [6, 6.07) is 3.61. The lowest BCUT2D eigenvalue weighted by atomic mass is 10.2. The summed E-state index contributed by atoms with van der Waals surface area (Å²) in [5, 5.41) is 21.9. The third kappa shape index (κ3) is 1.40. The fourth-order valence-electron chi connectivity index (χ4n) is 1.26.